The molecular formula is C25H38N8O5. The molecule has 2 heterocycles. The SMILES string of the molecule is CN1CCN(c2ccc(N)c(C(N)=O)c2)CC1.CN1CCN(c2ccc([N+](=O)[O-])c(C(N)=O)c2)CC1.CO. The van der Waals surface area contributed by atoms with Crippen LogP contribution in [-0.2, 0) is 0 Å². The lowest BCUT2D eigenvalue weighted by atomic mass is 10.1. The Morgan fingerprint density at radius 2 is 1.16 bits per heavy atom. The standard InChI is InChI=1S/C12H16N4O3.C12H18N4O.CH4O/c1-14-4-6-15(7-5-14)9-2-3-11(16(18)19)10(8-9)12(13)17;1-15-4-6-16(7-5-15)9-2-3-11(13)10(8-9)12(14)17;1-2/h2-3,8H,4-7H2,1H3,(H2,13,17);2-3,8H,4-7,13H2,1H3,(H2,14,17);2H,1H3. The van der Waals surface area contributed by atoms with Gasteiger partial charge in [-0.3, -0.25) is 19.7 Å². The number of nitrogens with two attached hydrogens (primary N) is 3. The van der Waals surface area contributed by atoms with Crippen LogP contribution < -0.4 is 27.0 Å². The summed E-state index contributed by atoms with van der Waals surface area (Å²) in [6.07, 6.45) is 0. The summed E-state index contributed by atoms with van der Waals surface area (Å²) in [5, 5.41) is 17.8. The van der Waals surface area contributed by atoms with E-state index in [1.54, 1.807) is 18.2 Å². The summed E-state index contributed by atoms with van der Waals surface area (Å²) in [6.45, 7) is 7.45. The van der Waals surface area contributed by atoms with Gasteiger partial charge < -0.3 is 41.9 Å². The number of aliphatic hydroxyl groups excluding tert-OH is 1. The zero-order valence-corrected chi connectivity index (χ0v) is 22.2. The first-order chi connectivity index (χ1) is 18.1. The predicted molar refractivity (Wildman–Crippen MR) is 149 cm³/mol. The van der Waals surface area contributed by atoms with Crippen molar-refractivity contribution in [3.8, 4) is 0 Å². The summed E-state index contributed by atoms with van der Waals surface area (Å²) < 4.78 is 0. The summed E-state index contributed by atoms with van der Waals surface area (Å²) in [5.41, 5.74) is 18.6. The van der Waals surface area contributed by atoms with Crippen LogP contribution >= 0.6 is 0 Å². The van der Waals surface area contributed by atoms with Crippen molar-refractivity contribution in [2.45, 2.75) is 0 Å². The van der Waals surface area contributed by atoms with Gasteiger partial charge in [-0.1, -0.05) is 0 Å². The van der Waals surface area contributed by atoms with Crippen LogP contribution in [-0.4, -0.2) is 105 Å². The number of benzene rings is 2. The number of amides is 2. The molecule has 2 aromatic carbocycles. The first-order valence-corrected chi connectivity index (χ1v) is 12.2. The van der Waals surface area contributed by atoms with E-state index in [0.29, 0.717) is 11.3 Å². The van der Waals surface area contributed by atoms with Gasteiger partial charge in [0.2, 0.25) is 0 Å². The van der Waals surface area contributed by atoms with Crippen molar-refractivity contribution >= 4 is 34.6 Å². The number of nitro groups is 1. The Morgan fingerprint density at radius 1 is 0.763 bits per heavy atom. The molecule has 0 saturated carbocycles. The number of nitrogens with zero attached hydrogens (tertiary/aromatic N) is 5. The number of piperazine rings is 2. The minimum Gasteiger partial charge on any atom is -0.400 e. The maximum absolute atomic E-state index is 11.3. The van der Waals surface area contributed by atoms with Gasteiger partial charge in [0.1, 0.15) is 5.56 Å². The van der Waals surface area contributed by atoms with Crippen molar-refractivity contribution in [2.24, 2.45) is 11.5 Å². The number of aliphatic hydroxyl groups is 1. The highest BCUT2D eigenvalue weighted by atomic mass is 16.6. The molecule has 4 rings (SSSR count). The Labute approximate surface area is 222 Å². The Hall–Kier alpha value is -3.94. The lowest BCUT2D eigenvalue weighted by Crippen LogP contribution is -2.44. The molecule has 13 nitrogen and oxygen atoms in total. The van der Waals surface area contributed by atoms with Gasteiger partial charge in [-0.2, -0.15) is 0 Å². The highest BCUT2D eigenvalue weighted by Gasteiger charge is 2.22. The molecule has 0 unspecified atom stereocenters. The van der Waals surface area contributed by atoms with Crippen LogP contribution in [0.2, 0.25) is 0 Å². The van der Waals surface area contributed by atoms with Gasteiger partial charge in [-0.05, 0) is 44.4 Å². The fraction of sp³-hybridized carbons (Fsp3) is 0.440. The number of nitrogen functional groups attached to an aromatic ring is 1. The number of hydrogen-bond donors (Lipinski definition) is 4. The number of nitro benzene ring substituents is 1. The summed E-state index contributed by atoms with van der Waals surface area (Å²) in [6, 6.07) is 9.97. The monoisotopic (exact) mass is 530 g/mol. The molecule has 7 N–H and O–H groups in total. The fourth-order valence-electron chi connectivity index (χ4n) is 4.16. The maximum atomic E-state index is 11.3. The van der Waals surface area contributed by atoms with E-state index in [0.717, 1.165) is 70.8 Å². The van der Waals surface area contributed by atoms with E-state index in [9.17, 15) is 19.7 Å². The minimum atomic E-state index is -0.775. The predicted octanol–water partition coefficient (Wildman–Crippen LogP) is 0.174. The Morgan fingerprint density at radius 3 is 1.55 bits per heavy atom. The molecule has 0 atom stereocenters. The van der Waals surface area contributed by atoms with Gasteiger partial charge >= 0.3 is 0 Å². The largest absolute Gasteiger partial charge is 0.400 e. The number of carbonyl (C=O) groups is 2. The number of primary amides is 2. The Bertz CT molecular complexity index is 1110. The summed E-state index contributed by atoms with van der Waals surface area (Å²) >= 11 is 0. The second-order valence-corrected chi connectivity index (χ2v) is 9.04. The molecule has 2 aliphatic rings. The number of carbonyl (C=O) groups excluding carboxylic acids is 2. The lowest BCUT2D eigenvalue weighted by molar-refractivity contribution is -0.385. The molecule has 0 spiro atoms. The molecule has 0 radical (unpaired) electrons. The van der Waals surface area contributed by atoms with Gasteiger partial charge in [0.05, 0.1) is 10.5 Å². The second kappa shape index (κ2) is 14.1. The van der Waals surface area contributed by atoms with Crippen molar-refractivity contribution in [3.63, 3.8) is 0 Å². The molecule has 2 fully saturated rings. The van der Waals surface area contributed by atoms with Gasteiger partial charge in [0, 0.05) is 82.6 Å². The number of hydrogen-bond acceptors (Lipinski definition) is 10. The summed E-state index contributed by atoms with van der Waals surface area (Å²) in [4.78, 5) is 41.6. The van der Waals surface area contributed by atoms with Crippen LogP contribution in [0.1, 0.15) is 20.7 Å². The molecular weight excluding hydrogens is 492 g/mol. The zero-order chi connectivity index (χ0) is 28.4. The molecule has 13 heteroatoms. The zero-order valence-electron chi connectivity index (χ0n) is 22.2. The van der Waals surface area contributed by atoms with Gasteiger partial charge in [0.15, 0.2) is 0 Å². The topological polar surface area (TPSA) is 189 Å². The van der Waals surface area contributed by atoms with Crippen LogP contribution in [0.5, 0.6) is 0 Å². The molecule has 0 bridgehead atoms. The van der Waals surface area contributed by atoms with Crippen LogP contribution in [0.25, 0.3) is 0 Å². The Kier molecular flexibility index (Phi) is 11.3. The van der Waals surface area contributed by atoms with Crippen molar-refractivity contribution in [1.82, 2.24) is 9.80 Å². The van der Waals surface area contributed by atoms with Crippen LogP contribution in [0.15, 0.2) is 36.4 Å². The average molecular weight is 531 g/mol. The third-order valence-electron chi connectivity index (χ3n) is 6.48. The quantitative estimate of drug-likeness (QED) is 0.236. The molecule has 0 aromatic heterocycles. The third-order valence-corrected chi connectivity index (χ3v) is 6.48. The first-order valence-electron chi connectivity index (χ1n) is 12.2. The number of anilines is 3. The average Bonchev–Trinajstić information content (AvgIpc) is 2.91. The van der Waals surface area contributed by atoms with Gasteiger partial charge in [0.25, 0.3) is 17.5 Å². The molecule has 2 aliphatic heterocycles. The molecule has 208 valence electrons. The van der Waals surface area contributed by atoms with E-state index in [1.165, 1.54) is 12.1 Å². The molecule has 38 heavy (non-hydrogen) atoms. The van der Waals surface area contributed by atoms with E-state index < -0.39 is 16.7 Å². The summed E-state index contributed by atoms with van der Waals surface area (Å²) in [7, 11) is 5.15. The first kappa shape index (κ1) is 30.3. The van der Waals surface area contributed by atoms with Gasteiger partial charge in [-0.15, -0.1) is 0 Å². The lowest BCUT2D eigenvalue weighted by Gasteiger charge is -2.34. The van der Waals surface area contributed by atoms with Gasteiger partial charge in [-0.25, -0.2) is 0 Å². The molecule has 2 saturated heterocycles. The van der Waals surface area contributed by atoms with Crippen LogP contribution in [0, 0.1) is 10.1 Å². The number of rotatable bonds is 5. The van der Waals surface area contributed by atoms with E-state index in [4.69, 9.17) is 22.3 Å². The van der Waals surface area contributed by atoms with E-state index in [2.05, 4.69) is 26.6 Å². The smallest absolute Gasteiger partial charge is 0.282 e. The minimum absolute atomic E-state index is 0.0403. The molecule has 0 aliphatic carbocycles. The maximum Gasteiger partial charge on any atom is 0.282 e. The number of likely N-dealkylation sites (N-methyl/N-ethyl adjacent to an activating group) is 2. The van der Waals surface area contributed by atoms with Crippen LogP contribution in [0.4, 0.5) is 22.7 Å². The van der Waals surface area contributed by atoms with Crippen LogP contribution in [0.3, 0.4) is 0 Å². The highest BCUT2D eigenvalue weighted by molar-refractivity contribution is 5.99. The highest BCUT2D eigenvalue weighted by Crippen LogP contribution is 2.25. The summed E-state index contributed by atoms with van der Waals surface area (Å²) in [5.74, 6) is -1.25. The van der Waals surface area contributed by atoms with E-state index in [-0.39, 0.29) is 11.3 Å². The van der Waals surface area contributed by atoms with E-state index in [1.807, 2.05) is 13.1 Å². The Balaban J connectivity index is 0.000000252. The normalized spacial score (nSPS) is 16.0. The molecule has 2 aromatic rings. The van der Waals surface area contributed by atoms with Crippen molar-refractivity contribution < 1.29 is 19.6 Å². The fourth-order valence-corrected chi connectivity index (χ4v) is 4.16. The van der Waals surface area contributed by atoms with Crippen molar-refractivity contribution in [1.29, 1.82) is 0 Å². The van der Waals surface area contributed by atoms with Crippen molar-refractivity contribution in [3.05, 3.63) is 57.6 Å². The van der Waals surface area contributed by atoms with Crippen molar-refractivity contribution in [2.75, 3.05) is 89.1 Å². The third kappa shape index (κ3) is 8.03. The van der Waals surface area contributed by atoms with E-state index >= 15 is 0 Å². The molecule has 2 amide bonds. The second-order valence-electron chi connectivity index (χ2n) is 9.04.